The highest BCUT2D eigenvalue weighted by Gasteiger charge is 2.23. The fourth-order valence-corrected chi connectivity index (χ4v) is 7.12. The molecule has 0 saturated heterocycles. The zero-order valence-corrected chi connectivity index (χ0v) is 16.9. The van der Waals surface area contributed by atoms with E-state index in [4.69, 9.17) is 14.5 Å². The zero-order chi connectivity index (χ0) is 17.4. The molecule has 25 heavy (non-hydrogen) atoms. The molecular formula is C19H21NO2S3. The van der Waals surface area contributed by atoms with Crippen LogP contribution in [-0.4, -0.2) is 36.9 Å². The average molecular weight is 392 g/mol. The first kappa shape index (κ1) is 17.2. The molecule has 3 aromatic heterocycles. The molecule has 6 heteroatoms. The number of fused-ring (bicyclic) bond motifs is 3. The van der Waals surface area contributed by atoms with Gasteiger partial charge in [-0.1, -0.05) is 5.87 Å². The highest BCUT2D eigenvalue weighted by Crippen LogP contribution is 2.48. The van der Waals surface area contributed by atoms with Crippen molar-refractivity contribution in [3.8, 4) is 16.3 Å². The first-order valence-corrected chi connectivity index (χ1v) is 11.5. The third-order valence-corrected chi connectivity index (χ3v) is 8.76. The van der Waals surface area contributed by atoms with E-state index >= 15 is 0 Å². The number of aromatic nitrogens is 1. The van der Waals surface area contributed by atoms with Crippen LogP contribution in [0.4, 0.5) is 0 Å². The van der Waals surface area contributed by atoms with Gasteiger partial charge in [0.15, 0.2) is 0 Å². The zero-order valence-electron chi connectivity index (χ0n) is 14.5. The van der Waals surface area contributed by atoms with Gasteiger partial charge in [0.25, 0.3) is 0 Å². The van der Waals surface area contributed by atoms with E-state index in [0.717, 1.165) is 22.7 Å². The molecule has 0 radical (unpaired) electrons. The molecule has 0 amide bonds. The summed E-state index contributed by atoms with van der Waals surface area (Å²) in [5.74, 6) is 6.51. The van der Waals surface area contributed by atoms with Crippen molar-refractivity contribution in [2.24, 2.45) is 0 Å². The van der Waals surface area contributed by atoms with Gasteiger partial charge in [0.05, 0.1) is 26.8 Å². The Bertz CT molecular complexity index is 942. The Hall–Kier alpha value is -1.21. The van der Waals surface area contributed by atoms with Crippen molar-refractivity contribution in [3.05, 3.63) is 28.6 Å². The van der Waals surface area contributed by atoms with E-state index in [1.807, 2.05) is 11.3 Å². The first-order chi connectivity index (χ1) is 12.2. The quantitative estimate of drug-likeness (QED) is 0.433. The summed E-state index contributed by atoms with van der Waals surface area (Å²) >= 11 is 3.58. The van der Waals surface area contributed by atoms with Crippen LogP contribution in [0.5, 0.6) is 5.75 Å². The molecule has 0 fully saturated rings. The molecule has 1 aliphatic rings. The molecular weight excluding hydrogens is 370 g/mol. The summed E-state index contributed by atoms with van der Waals surface area (Å²) in [4.78, 5) is 8.55. The van der Waals surface area contributed by atoms with Gasteiger partial charge in [-0.2, -0.15) is 10.5 Å². The average Bonchev–Trinajstić information content (AvgIpc) is 3.19. The van der Waals surface area contributed by atoms with Crippen molar-refractivity contribution in [3.63, 3.8) is 0 Å². The van der Waals surface area contributed by atoms with Gasteiger partial charge in [-0.15, -0.1) is 22.7 Å². The highest BCUT2D eigenvalue weighted by atomic mass is 32.2. The van der Waals surface area contributed by atoms with Gasteiger partial charge in [-0.05, 0) is 43.2 Å². The standard InChI is InChI=1S/C19H21NO2S3/c1-12-6-7-16(23-12)14-11-15(22-9-8-21-2)17-13-5-4-10-25(3)19(13)24-18(17)20-14/h6-7,11H,3-5,8-10H2,1-2H3. The van der Waals surface area contributed by atoms with E-state index in [2.05, 4.69) is 31.0 Å². The van der Waals surface area contributed by atoms with Gasteiger partial charge >= 0.3 is 0 Å². The lowest BCUT2D eigenvalue weighted by molar-refractivity contribution is 0.147. The van der Waals surface area contributed by atoms with Crippen LogP contribution in [0.25, 0.3) is 20.8 Å². The van der Waals surface area contributed by atoms with Crippen LogP contribution in [0, 0.1) is 6.92 Å². The maximum Gasteiger partial charge on any atom is 0.132 e. The summed E-state index contributed by atoms with van der Waals surface area (Å²) < 4.78 is 12.7. The number of methoxy groups -OCH3 is 1. The van der Waals surface area contributed by atoms with Crippen molar-refractivity contribution in [2.45, 2.75) is 24.0 Å². The third kappa shape index (κ3) is 3.28. The molecule has 4 heterocycles. The minimum absolute atomic E-state index is 0.0905. The second-order valence-corrected chi connectivity index (χ2v) is 10.5. The van der Waals surface area contributed by atoms with E-state index in [1.54, 1.807) is 18.4 Å². The molecule has 0 N–H and O–H groups in total. The molecule has 0 spiro atoms. The number of hydrogen-bond donors (Lipinski definition) is 0. The Morgan fingerprint density at radius 1 is 1.28 bits per heavy atom. The van der Waals surface area contributed by atoms with Gasteiger partial charge in [0.2, 0.25) is 0 Å². The van der Waals surface area contributed by atoms with E-state index in [9.17, 15) is 0 Å². The minimum Gasteiger partial charge on any atom is -0.490 e. The van der Waals surface area contributed by atoms with Crippen LogP contribution < -0.4 is 4.74 Å². The van der Waals surface area contributed by atoms with Crippen LogP contribution in [0.2, 0.25) is 0 Å². The molecule has 0 aliphatic carbocycles. The number of pyridine rings is 1. The summed E-state index contributed by atoms with van der Waals surface area (Å²) in [5, 5.41) is 1.20. The van der Waals surface area contributed by atoms with Crippen LogP contribution in [0.15, 0.2) is 22.4 Å². The van der Waals surface area contributed by atoms with Crippen molar-refractivity contribution < 1.29 is 9.47 Å². The first-order valence-electron chi connectivity index (χ1n) is 8.33. The fourth-order valence-electron chi connectivity index (χ4n) is 3.13. The van der Waals surface area contributed by atoms with Crippen LogP contribution in [0.3, 0.4) is 0 Å². The van der Waals surface area contributed by atoms with E-state index in [1.165, 1.54) is 37.1 Å². The maximum atomic E-state index is 6.12. The molecule has 0 bridgehead atoms. The van der Waals surface area contributed by atoms with Crippen molar-refractivity contribution in [1.82, 2.24) is 4.98 Å². The lowest BCUT2D eigenvalue weighted by Crippen LogP contribution is -2.05. The Kier molecular flexibility index (Phi) is 4.95. The molecule has 3 nitrogen and oxygen atoms in total. The summed E-state index contributed by atoms with van der Waals surface area (Å²) in [6.45, 7) is 3.27. The number of thiophene rings is 2. The minimum atomic E-state index is 0.0905. The van der Waals surface area contributed by atoms with Crippen molar-refractivity contribution >= 4 is 49.2 Å². The third-order valence-electron chi connectivity index (χ3n) is 4.31. The predicted molar refractivity (Wildman–Crippen MR) is 111 cm³/mol. The molecule has 1 aliphatic heterocycles. The molecule has 132 valence electrons. The van der Waals surface area contributed by atoms with Crippen LogP contribution in [0.1, 0.15) is 16.9 Å². The normalized spacial score (nSPS) is 17.0. The lowest BCUT2D eigenvalue weighted by Gasteiger charge is -2.16. The largest absolute Gasteiger partial charge is 0.490 e. The molecule has 0 saturated carbocycles. The molecule has 0 aromatic carbocycles. The Balaban J connectivity index is 1.88. The van der Waals surface area contributed by atoms with Gasteiger partial charge < -0.3 is 9.47 Å². The molecule has 3 aromatic rings. The number of nitrogens with zero attached hydrogens (tertiary/aromatic N) is 1. The fraction of sp³-hybridized carbons (Fsp3) is 0.368. The summed E-state index contributed by atoms with van der Waals surface area (Å²) in [7, 11) is 1.79. The predicted octanol–water partition coefficient (Wildman–Crippen LogP) is 5.36. The molecule has 1 unspecified atom stereocenters. The second-order valence-electron chi connectivity index (χ2n) is 6.11. The van der Waals surface area contributed by atoms with E-state index in [0.29, 0.717) is 13.2 Å². The van der Waals surface area contributed by atoms with Crippen molar-refractivity contribution in [2.75, 3.05) is 26.1 Å². The molecule has 4 rings (SSSR count). The van der Waals surface area contributed by atoms with E-state index < -0.39 is 0 Å². The topological polar surface area (TPSA) is 31.4 Å². The lowest BCUT2D eigenvalue weighted by atomic mass is 10.1. The maximum absolute atomic E-state index is 6.12. The molecule has 1 atom stereocenters. The Labute approximate surface area is 158 Å². The number of hydrogen-bond acceptors (Lipinski definition) is 5. The highest BCUT2D eigenvalue weighted by molar-refractivity contribution is 8.15. The SMILES string of the molecule is C=S1CCCc2c1sc1nc(-c3ccc(C)s3)cc(OCCOC)c21. The Morgan fingerprint density at radius 3 is 2.92 bits per heavy atom. The summed E-state index contributed by atoms with van der Waals surface area (Å²) in [6.07, 6.45) is 2.31. The van der Waals surface area contributed by atoms with Gasteiger partial charge in [0.1, 0.15) is 17.2 Å². The summed E-state index contributed by atoms with van der Waals surface area (Å²) in [5.41, 5.74) is 2.42. The van der Waals surface area contributed by atoms with Crippen LogP contribution >= 0.6 is 33.2 Å². The van der Waals surface area contributed by atoms with Gasteiger partial charge in [-0.3, -0.25) is 0 Å². The second kappa shape index (κ2) is 7.19. The number of ether oxygens (including phenoxy) is 2. The van der Waals surface area contributed by atoms with Crippen molar-refractivity contribution in [1.29, 1.82) is 0 Å². The number of rotatable bonds is 5. The van der Waals surface area contributed by atoms with E-state index in [-0.39, 0.29) is 10.5 Å². The smallest absolute Gasteiger partial charge is 0.132 e. The monoisotopic (exact) mass is 391 g/mol. The number of aryl methyl sites for hydroxylation is 2. The van der Waals surface area contributed by atoms with Gasteiger partial charge in [-0.25, -0.2) is 4.98 Å². The van der Waals surface area contributed by atoms with Gasteiger partial charge in [0, 0.05) is 18.1 Å². The van der Waals surface area contributed by atoms with Crippen LogP contribution in [-0.2, 0) is 11.2 Å². The Morgan fingerprint density at radius 2 is 2.16 bits per heavy atom. The summed E-state index contributed by atoms with van der Waals surface area (Å²) in [6, 6.07) is 6.39.